The van der Waals surface area contributed by atoms with Crippen LogP contribution in [0, 0.1) is 0 Å². The lowest BCUT2D eigenvalue weighted by molar-refractivity contribution is -0.302. The van der Waals surface area contributed by atoms with Gasteiger partial charge in [-0.25, -0.2) is 0 Å². The van der Waals surface area contributed by atoms with Crippen LogP contribution in [0.1, 0.15) is 219 Å². The molecule has 57 heavy (non-hydrogen) atoms. The molecule has 0 spiro atoms. The van der Waals surface area contributed by atoms with E-state index in [1.54, 1.807) is 6.08 Å². The summed E-state index contributed by atoms with van der Waals surface area (Å²) in [5.41, 5.74) is 0. The Balaban J connectivity index is 2.36. The third-order valence-corrected chi connectivity index (χ3v) is 11.7. The highest BCUT2D eigenvalue weighted by atomic mass is 16.7. The molecule has 1 saturated heterocycles. The van der Waals surface area contributed by atoms with Crippen molar-refractivity contribution >= 4 is 5.91 Å². The van der Waals surface area contributed by atoms with E-state index in [9.17, 15) is 35.4 Å². The summed E-state index contributed by atoms with van der Waals surface area (Å²) >= 11 is 0. The summed E-state index contributed by atoms with van der Waals surface area (Å²) in [4.78, 5) is 13.0. The van der Waals surface area contributed by atoms with Gasteiger partial charge in [-0.1, -0.05) is 212 Å². The number of carbonyl (C=O) groups excluding carboxylic acids is 1. The normalized spacial score (nSPS) is 21.6. The Morgan fingerprint density at radius 2 is 1.00 bits per heavy atom. The molecule has 0 aromatic carbocycles. The maximum absolute atomic E-state index is 13.0. The van der Waals surface area contributed by atoms with E-state index in [2.05, 4.69) is 19.2 Å². The van der Waals surface area contributed by atoms with Crippen LogP contribution in [-0.4, -0.2) is 98.7 Å². The van der Waals surface area contributed by atoms with Crippen LogP contribution in [0.5, 0.6) is 0 Å². The first-order chi connectivity index (χ1) is 27.8. The number of ether oxygens (including phenoxy) is 2. The van der Waals surface area contributed by atoms with E-state index in [4.69, 9.17) is 9.47 Å². The summed E-state index contributed by atoms with van der Waals surface area (Å²) in [5, 5.41) is 64.7. The van der Waals surface area contributed by atoms with Crippen molar-refractivity contribution in [2.45, 2.75) is 268 Å². The molecule has 0 radical (unpaired) electrons. The van der Waals surface area contributed by atoms with Gasteiger partial charge in [0.25, 0.3) is 0 Å². The van der Waals surface area contributed by atoms with Crippen molar-refractivity contribution in [2.75, 3.05) is 13.2 Å². The van der Waals surface area contributed by atoms with Gasteiger partial charge in [-0.15, -0.1) is 0 Å². The van der Waals surface area contributed by atoms with Crippen molar-refractivity contribution in [1.29, 1.82) is 0 Å². The van der Waals surface area contributed by atoms with Crippen LogP contribution in [0.2, 0.25) is 0 Å². The van der Waals surface area contributed by atoms with Crippen LogP contribution in [0.4, 0.5) is 0 Å². The van der Waals surface area contributed by atoms with E-state index in [1.165, 1.54) is 154 Å². The second kappa shape index (κ2) is 37.9. The molecule has 10 nitrogen and oxygen atoms in total. The van der Waals surface area contributed by atoms with Crippen LogP contribution in [0.25, 0.3) is 0 Å². The molecule has 8 atom stereocenters. The maximum atomic E-state index is 13.0. The minimum atomic E-state index is -1.61. The molecule has 1 rings (SSSR count). The molecule has 0 aromatic heterocycles. The molecule has 1 aliphatic heterocycles. The van der Waals surface area contributed by atoms with E-state index in [1.807, 2.05) is 6.08 Å². The molecule has 0 bridgehead atoms. The number of nitrogens with one attached hydrogen (secondary N) is 1. The van der Waals surface area contributed by atoms with E-state index in [0.29, 0.717) is 6.42 Å². The number of allylic oxidation sites excluding steroid dienone is 1. The molecule has 8 unspecified atom stereocenters. The molecule has 1 aliphatic rings. The summed E-state index contributed by atoms with van der Waals surface area (Å²) < 4.78 is 11.1. The number of aliphatic hydroxyl groups is 6. The van der Waals surface area contributed by atoms with Gasteiger partial charge < -0.3 is 45.4 Å². The molecule has 338 valence electrons. The van der Waals surface area contributed by atoms with E-state index in [-0.39, 0.29) is 6.61 Å². The average Bonchev–Trinajstić information content (AvgIpc) is 3.21. The van der Waals surface area contributed by atoms with Gasteiger partial charge in [0.15, 0.2) is 6.29 Å². The predicted molar refractivity (Wildman–Crippen MR) is 232 cm³/mol. The molecule has 1 heterocycles. The molecule has 1 amide bonds. The minimum absolute atomic E-state index is 0.301. The first kappa shape index (κ1) is 53.9. The van der Waals surface area contributed by atoms with Gasteiger partial charge in [-0.05, 0) is 19.3 Å². The highest BCUT2D eigenvalue weighted by molar-refractivity contribution is 5.80. The standard InChI is InChI=1S/C47H91NO9/c1-3-5-7-9-11-13-15-17-18-19-20-21-22-24-26-28-30-32-34-36-41(51)46(55)48-39(38-56-47-45(54)44(53)43(52)42(37-49)57-47)40(50)35-33-31-29-27-25-23-16-14-12-10-8-6-4-2/h33,35,39-45,47,49-54H,3-32,34,36-38H2,1-2H3,(H,48,55)/b35-33+. The monoisotopic (exact) mass is 814 g/mol. The largest absolute Gasteiger partial charge is 0.394 e. The Kier molecular flexibility index (Phi) is 35.8. The predicted octanol–water partition coefficient (Wildman–Crippen LogP) is 9.09. The third kappa shape index (κ3) is 28.1. The summed E-state index contributed by atoms with van der Waals surface area (Å²) in [6, 6.07) is -0.974. The van der Waals surface area contributed by atoms with Gasteiger partial charge in [0.2, 0.25) is 5.91 Å². The van der Waals surface area contributed by atoms with Crippen molar-refractivity contribution in [3.05, 3.63) is 12.2 Å². The summed E-state index contributed by atoms with van der Waals surface area (Å²) in [5.74, 6) is -0.613. The first-order valence-corrected chi connectivity index (χ1v) is 24.0. The number of amides is 1. The lowest BCUT2D eigenvalue weighted by Crippen LogP contribution is -2.60. The lowest BCUT2D eigenvalue weighted by atomic mass is 9.99. The van der Waals surface area contributed by atoms with E-state index < -0.39 is 61.5 Å². The topological polar surface area (TPSA) is 169 Å². The summed E-state index contributed by atoms with van der Waals surface area (Å²) in [7, 11) is 0. The molecular formula is C47H91NO9. The zero-order valence-corrected chi connectivity index (χ0v) is 36.7. The fraction of sp³-hybridized carbons (Fsp3) is 0.936. The molecule has 0 aliphatic carbocycles. The van der Waals surface area contributed by atoms with Crippen molar-refractivity contribution < 1.29 is 44.9 Å². The Labute approximate surface area is 349 Å². The fourth-order valence-electron chi connectivity index (χ4n) is 7.75. The Morgan fingerprint density at radius 1 is 0.596 bits per heavy atom. The molecule has 0 aromatic rings. The average molecular weight is 814 g/mol. The van der Waals surface area contributed by atoms with Crippen LogP contribution in [-0.2, 0) is 14.3 Å². The lowest BCUT2D eigenvalue weighted by Gasteiger charge is -2.40. The number of unbranched alkanes of at least 4 members (excludes halogenated alkanes) is 29. The number of hydrogen-bond donors (Lipinski definition) is 7. The summed E-state index contributed by atoms with van der Waals surface area (Å²) in [6.07, 6.45) is 33.0. The zero-order valence-electron chi connectivity index (χ0n) is 36.7. The molecule has 0 saturated carbocycles. The van der Waals surface area contributed by atoms with Crippen LogP contribution in [0.15, 0.2) is 12.2 Å². The fourth-order valence-corrected chi connectivity index (χ4v) is 7.75. The van der Waals surface area contributed by atoms with Crippen LogP contribution >= 0.6 is 0 Å². The molecule has 10 heteroatoms. The highest BCUT2D eigenvalue weighted by Crippen LogP contribution is 2.23. The number of aliphatic hydroxyl groups excluding tert-OH is 6. The van der Waals surface area contributed by atoms with Crippen LogP contribution in [0.3, 0.4) is 0 Å². The van der Waals surface area contributed by atoms with E-state index in [0.717, 1.165) is 44.9 Å². The molecule has 1 fully saturated rings. The van der Waals surface area contributed by atoms with Gasteiger partial charge in [-0.2, -0.15) is 0 Å². The summed E-state index contributed by atoms with van der Waals surface area (Å²) in [6.45, 7) is 3.61. The Morgan fingerprint density at radius 3 is 1.42 bits per heavy atom. The van der Waals surface area contributed by atoms with Crippen molar-refractivity contribution in [1.82, 2.24) is 5.32 Å². The molecular weight excluding hydrogens is 723 g/mol. The Bertz CT molecular complexity index is 921. The van der Waals surface area contributed by atoms with E-state index >= 15 is 0 Å². The van der Waals surface area contributed by atoms with Gasteiger partial charge in [-0.3, -0.25) is 4.79 Å². The zero-order chi connectivity index (χ0) is 41.8. The van der Waals surface area contributed by atoms with Crippen molar-refractivity contribution in [2.24, 2.45) is 0 Å². The first-order valence-electron chi connectivity index (χ1n) is 24.0. The highest BCUT2D eigenvalue weighted by Gasteiger charge is 2.44. The minimum Gasteiger partial charge on any atom is -0.394 e. The van der Waals surface area contributed by atoms with Crippen molar-refractivity contribution in [3.63, 3.8) is 0 Å². The SMILES string of the molecule is CCCCCCCCCCCCC/C=C/C(O)C(COC1OC(CO)C(O)C(O)C1O)NC(=O)C(O)CCCCCCCCCCCCCCCCCCCCC. The second-order valence-electron chi connectivity index (χ2n) is 17.1. The quantitative estimate of drug-likeness (QED) is 0.0236. The smallest absolute Gasteiger partial charge is 0.249 e. The molecule has 7 N–H and O–H groups in total. The second-order valence-corrected chi connectivity index (χ2v) is 17.1. The number of rotatable bonds is 40. The van der Waals surface area contributed by atoms with Gasteiger partial charge >= 0.3 is 0 Å². The van der Waals surface area contributed by atoms with Gasteiger partial charge in [0.05, 0.1) is 25.4 Å². The van der Waals surface area contributed by atoms with Crippen molar-refractivity contribution in [3.8, 4) is 0 Å². The maximum Gasteiger partial charge on any atom is 0.249 e. The number of hydrogen-bond acceptors (Lipinski definition) is 9. The van der Waals surface area contributed by atoms with Gasteiger partial charge in [0.1, 0.15) is 30.5 Å². The number of carbonyl (C=O) groups is 1. The van der Waals surface area contributed by atoms with Crippen LogP contribution < -0.4 is 5.32 Å². The third-order valence-electron chi connectivity index (χ3n) is 11.7. The van der Waals surface area contributed by atoms with Gasteiger partial charge in [0, 0.05) is 0 Å². The Hall–Kier alpha value is -1.11.